The minimum Gasteiger partial charge on any atom is -0.493 e. The Hall–Kier alpha value is -3.03. The van der Waals surface area contributed by atoms with Crippen LogP contribution < -0.4 is 9.47 Å². The highest BCUT2D eigenvalue weighted by atomic mass is 16.5. The molecule has 0 spiro atoms. The van der Waals surface area contributed by atoms with Crippen LogP contribution in [0.5, 0.6) is 11.5 Å². The zero-order valence-electron chi connectivity index (χ0n) is 16.4. The first-order valence-electron chi connectivity index (χ1n) is 9.29. The van der Waals surface area contributed by atoms with Crippen molar-refractivity contribution < 1.29 is 23.8 Å². The number of H-pyrrole nitrogens is 1. The lowest BCUT2D eigenvalue weighted by Crippen LogP contribution is -2.36. The molecule has 0 saturated carbocycles. The van der Waals surface area contributed by atoms with E-state index >= 15 is 0 Å². The average Bonchev–Trinajstić information content (AvgIpc) is 3.15. The largest absolute Gasteiger partial charge is 0.493 e. The summed E-state index contributed by atoms with van der Waals surface area (Å²) in [6.45, 7) is 3.00. The number of hydrogen-bond donors (Lipinski definition) is 1. The van der Waals surface area contributed by atoms with E-state index in [0.29, 0.717) is 43.9 Å². The summed E-state index contributed by atoms with van der Waals surface area (Å²) < 4.78 is 15.6. The molecule has 3 rings (SSSR count). The van der Waals surface area contributed by atoms with Gasteiger partial charge in [0.05, 0.1) is 20.8 Å². The quantitative estimate of drug-likeness (QED) is 0.732. The van der Waals surface area contributed by atoms with Crippen LogP contribution in [-0.4, -0.2) is 54.3 Å². The van der Waals surface area contributed by atoms with Gasteiger partial charge in [0, 0.05) is 37.2 Å². The lowest BCUT2D eigenvalue weighted by Gasteiger charge is -2.27. The molecule has 1 aromatic heterocycles. The first kappa shape index (κ1) is 19.7. The van der Waals surface area contributed by atoms with Gasteiger partial charge in [-0.25, -0.2) is 4.79 Å². The van der Waals surface area contributed by atoms with Crippen molar-refractivity contribution in [1.82, 2.24) is 15.1 Å². The number of benzene rings is 1. The van der Waals surface area contributed by atoms with E-state index in [9.17, 15) is 9.59 Å². The monoisotopic (exact) mass is 387 g/mol. The molecule has 0 fully saturated rings. The Morgan fingerprint density at radius 2 is 2.00 bits per heavy atom. The highest BCUT2D eigenvalue weighted by Crippen LogP contribution is 2.28. The number of fused-ring (bicyclic) bond motifs is 1. The van der Waals surface area contributed by atoms with Crippen LogP contribution in [0.4, 0.5) is 0 Å². The van der Waals surface area contributed by atoms with Gasteiger partial charge < -0.3 is 19.1 Å². The molecule has 2 heterocycles. The highest BCUT2D eigenvalue weighted by Gasteiger charge is 2.28. The molecule has 0 unspecified atom stereocenters. The van der Waals surface area contributed by atoms with E-state index in [1.54, 1.807) is 26.0 Å². The van der Waals surface area contributed by atoms with Crippen molar-refractivity contribution in [2.24, 2.45) is 0 Å². The lowest BCUT2D eigenvalue weighted by molar-refractivity contribution is -0.132. The van der Waals surface area contributed by atoms with Gasteiger partial charge >= 0.3 is 5.97 Å². The fraction of sp³-hybridized carbons (Fsp3) is 0.450. The van der Waals surface area contributed by atoms with Gasteiger partial charge in [-0.3, -0.25) is 9.89 Å². The van der Waals surface area contributed by atoms with Gasteiger partial charge in [0.25, 0.3) is 0 Å². The van der Waals surface area contributed by atoms with Crippen molar-refractivity contribution in [2.45, 2.75) is 32.7 Å². The van der Waals surface area contributed by atoms with E-state index in [1.165, 1.54) is 0 Å². The minimum absolute atomic E-state index is 0.0384. The van der Waals surface area contributed by atoms with E-state index in [0.717, 1.165) is 16.8 Å². The Morgan fingerprint density at radius 1 is 1.21 bits per heavy atom. The molecule has 8 heteroatoms. The number of nitrogens with one attached hydrogen (secondary N) is 1. The summed E-state index contributed by atoms with van der Waals surface area (Å²) in [5, 5.41) is 6.97. The summed E-state index contributed by atoms with van der Waals surface area (Å²) in [6, 6.07) is 5.65. The second kappa shape index (κ2) is 8.77. The summed E-state index contributed by atoms with van der Waals surface area (Å²) in [5.74, 6) is 0.885. The number of rotatable bonds is 7. The van der Waals surface area contributed by atoms with Gasteiger partial charge in [-0.2, -0.15) is 5.10 Å². The molecular formula is C20H25N3O5. The Morgan fingerprint density at radius 3 is 2.71 bits per heavy atom. The molecule has 8 nitrogen and oxygen atoms in total. The number of aromatic nitrogens is 2. The van der Waals surface area contributed by atoms with Crippen molar-refractivity contribution in [3.8, 4) is 11.5 Å². The number of carbonyl (C=O) groups excluding carboxylic acids is 2. The van der Waals surface area contributed by atoms with E-state index in [-0.39, 0.29) is 18.2 Å². The normalized spacial score (nSPS) is 13.0. The van der Waals surface area contributed by atoms with Crippen molar-refractivity contribution in [3.63, 3.8) is 0 Å². The maximum atomic E-state index is 12.7. The van der Waals surface area contributed by atoms with E-state index < -0.39 is 5.97 Å². The Balaban J connectivity index is 1.64. The molecule has 28 heavy (non-hydrogen) atoms. The standard InChI is InChI=1S/C20H25N3O5/c1-4-28-20(25)19-14-12-23(10-9-15(14)21-22-19)18(24)8-6-13-5-7-16(26-2)17(11-13)27-3/h5,7,11H,4,6,8-10,12H2,1-3H3,(H,21,22). The van der Waals surface area contributed by atoms with Gasteiger partial charge in [-0.15, -0.1) is 0 Å². The number of amides is 1. The lowest BCUT2D eigenvalue weighted by atomic mass is 10.0. The zero-order valence-corrected chi connectivity index (χ0v) is 16.4. The van der Waals surface area contributed by atoms with Crippen molar-refractivity contribution in [2.75, 3.05) is 27.4 Å². The number of esters is 1. The minimum atomic E-state index is -0.459. The average molecular weight is 387 g/mol. The third kappa shape index (κ3) is 4.11. The number of hydrogen-bond acceptors (Lipinski definition) is 6. The van der Waals surface area contributed by atoms with Crippen molar-refractivity contribution in [1.29, 1.82) is 0 Å². The van der Waals surface area contributed by atoms with E-state index in [1.807, 2.05) is 18.2 Å². The predicted molar refractivity (Wildman–Crippen MR) is 102 cm³/mol. The number of methoxy groups -OCH3 is 2. The van der Waals surface area contributed by atoms with E-state index in [4.69, 9.17) is 14.2 Å². The molecule has 1 aliphatic heterocycles. The number of carbonyl (C=O) groups is 2. The highest BCUT2D eigenvalue weighted by molar-refractivity contribution is 5.89. The molecule has 0 bridgehead atoms. The summed E-state index contributed by atoms with van der Waals surface area (Å²) in [4.78, 5) is 26.5. The van der Waals surface area contributed by atoms with Crippen LogP contribution in [0.25, 0.3) is 0 Å². The first-order valence-corrected chi connectivity index (χ1v) is 9.29. The van der Waals surface area contributed by atoms with Gasteiger partial charge in [0.1, 0.15) is 0 Å². The summed E-state index contributed by atoms with van der Waals surface area (Å²) >= 11 is 0. The van der Waals surface area contributed by atoms with Crippen LogP contribution in [0.1, 0.15) is 40.7 Å². The molecular weight excluding hydrogens is 362 g/mol. The van der Waals surface area contributed by atoms with Crippen molar-refractivity contribution in [3.05, 3.63) is 40.7 Å². The molecule has 2 aromatic rings. The van der Waals surface area contributed by atoms with Gasteiger partial charge in [0.15, 0.2) is 17.2 Å². The van der Waals surface area contributed by atoms with Crippen LogP contribution in [0.15, 0.2) is 18.2 Å². The number of nitrogens with zero attached hydrogens (tertiary/aromatic N) is 2. The van der Waals surface area contributed by atoms with Crippen LogP contribution in [0.3, 0.4) is 0 Å². The molecule has 0 radical (unpaired) electrons. The summed E-state index contributed by atoms with van der Waals surface area (Å²) in [5.41, 5.74) is 2.92. The van der Waals surface area contributed by atoms with Gasteiger partial charge in [-0.05, 0) is 31.0 Å². The second-order valence-electron chi connectivity index (χ2n) is 6.50. The van der Waals surface area contributed by atoms with Crippen molar-refractivity contribution >= 4 is 11.9 Å². The smallest absolute Gasteiger partial charge is 0.359 e. The topological polar surface area (TPSA) is 93.8 Å². The number of aromatic amines is 1. The Kier molecular flexibility index (Phi) is 6.18. The third-order valence-electron chi connectivity index (χ3n) is 4.83. The molecule has 1 aliphatic rings. The summed E-state index contributed by atoms with van der Waals surface area (Å²) in [7, 11) is 3.18. The number of ether oxygens (including phenoxy) is 3. The maximum absolute atomic E-state index is 12.7. The summed E-state index contributed by atoms with van der Waals surface area (Å²) in [6.07, 6.45) is 1.61. The molecule has 0 aliphatic carbocycles. The fourth-order valence-corrected chi connectivity index (χ4v) is 3.32. The van der Waals surface area contributed by atoms with Crippen LogP contribution in [0.2, 0.25) is 0 Å². The SMILES string of the molecule is CCOC(=O)c1n[nH]c2c1CN(C(=O)CCc1ccc(OC)c(OC)c1)CC2. The molecule has 0 atom stereocenters. The van der Waals surface area contributed by atoms with Gasteiger partial charge in [0.2, 0.25) is 5.91 Å². The fourth-order valence-electron chi connectivity index (χ4n) is 3.32. The molecule has 150 valence electrons. The second-order valence-corrected chi connectivity index (χ2v) is 6.50. The molecule has 0 saturated heterocycles. The van der Waals surface area contributed by atoms with Crippen LogP contribution in [0, 0.1) is 0 Å². The predicted octanol–water partition coefficient (Wildman–Crippen LogP) is 2.12. The van der Waals surface area contributed by atoms with Crippen LogP contribution >= 0.6 is 0 Å². The number of aryl methyl sites for hydroxylation is 1. The first-order chi connectivity index (χ1) is 13.6. The molecule has 1 aromatic carbocycles. The Labute approximate surface area is 163 Å². The van der Waals surface area contributed by atoms with Crippen LogP contribution in [-0.2, 0) is 28.9 Å². The maximum Gasteiger partial charge on any atom is 0.359 e. The molecule has 1 amide bonds. The third-order valence-corrected chi connectivity index (χ3v) is 4.83. The zero-order chi connectivity index (χ0) is 20.1. The Bertz CT molecular complexity index is 862. The molecule has 1 N–H and O–H groups in total. The van der Waals surface area contributed by atoms with Gasteiger partial charge in [-0.1, -0.05) is 6.07 Å². The van der Waals surface area contributed by atoms with E-state index in [2.05, 4.69) is 10.2 Å².